The Labute approximate surface area is 285 Å². The molecule has 5 heterocycles. The van der Waals surface area contributed by atoms with Crippen molar-refractivity contribution in [1.82, 2.24) is 20.2 Å². The lowest BCUT2D eigenvalue weighted by Gasteiger charge is -2.44. The number of nitrogens with one attached hydrogen (secondary N) is 1. The van der Waals surface area contributed by atoms with Gasteiger partial charge in [-0.05, 0) is 118 Å². The third kappa shape index (κ3) is 5.68. The van der Waals surface area contributed by atoms with Gasteiger partial charge in [0.05, 0.1) is 12.2 Å². The number of anilines is 1. The number of ether oxygens (including phenoxy) is 1. The van der Waals surface area contributed by atoms with Gasteiger partial charge in [0.15, 0.2) is 5.82 Å². The van der Waals surface area contributed by atoms with Crippen molar-refractivity contribution in [2.75, 3.05) is 37.7 Å². The lowest BCUT2D eigenvalue weighted by Crippen LogP contribution is -2.63. The predicted octanol–water partition coefficient (Wildman–Crippen LogP) is 7.84. The van der Waals surface area contributed by atoms with E-state index in [0.717, 1.165) is 57.1 Å². The van der Waals surface area contributed by atoms with Crippen molar-refractivity contribution in [3.05, 3.63) is 53.6 Å². The number of hydrogen-bond acceptors (Lipinski definition) is 7. The number of hydrogen-bond donors (Lipinski definition) is 2. The monoisotopic (exact) mass is 673 g/mol. The van der Waals surface area contributed by atoms with Crippen molar-refractivity contribution in [2.45, 2.75) is 101 Å². The first-order valence-electron chi connectivity index (χ1n) is 18.0. The van der Waals surface area contributed by atoms with Crippen LogP contribution in [0, 0.1) is 11.6 Å². The Kier molecular flexibility index (Phi) is 7.98. The van der Waals surface area contributed by atoms with Crippen LogP contribution in [0.3, 0.4) is 0 Å². The highest BCUT2D eigenvalue weighted by Crippen LogP contribution is 2.45. The quantitative estimate of drug-likeness (QED) is 0.176. The van der Waals surface area contributed by atoms with Crippen LogP contribution in [0.5, 0.6) is 11.8 Å². The SMILES string of the molecule is CCc1cccc2cc(O)cc(-c3c(F)cc4c(N5CC6(C)CCC(C)(C5)N6)nc(OCCCC[C@@]56CCCN5C[C@H](F)C6)nc4c3F)c12. The third-order valence-corrected chi connectivity index (χ3v) is 11.8. The predicted molar refractivity (Wildman–Crippen MR) is 187 cm³/mol. The maximum absolute atomic E-state index is 17.0. The fourth-order valence-electron chi connectivity index (χ4n) is 9.72. The Morgan fingerprint density at radius 2 is 1.84 bits per heavy atom. The number of halogens is 3. The van der Waals surface area contributed by atoms with Crippen molar-refractivity contribution in [3.8, 4) is 22.9 Å². The van der Waals surface area contributed by atoms with E-state index in [0.29, 0.717) is 61.1 Å². The molecular formula is C39H46F3N5O2. The number of phenolic OH excluding ortho intramolecular Hbond substituents is 1. The topological polar surface area (TPSA) is 73.8 Å². The van der Waals surface area contributed by atoms with Gasteiger partial charge in [-0.25, -0.2) is 13.2 Å². The van der Waals surface area contributed by atoms with Crippen molar-refractivity contribution in [3.63, 3.8) is 0 Å². The van der Waals surface area contributed by atoms with Crippen molar-refractivity contribution in [2.24, 2.45) is 0 Å². The zero-order chi connectivity index (χ0) is 34.1. The van der Waals surface area contributed by atoms with Crippen LogP contribution in [-0.4, -0.2) is 75.5 Å². The first-order chi connectivity index (χ1) is 23.5. The van der Waals surface area contributed by atoms with Gasteiger partial charge in [-0.2, -0.15) is 9.97 Å². The first kappa shape index (κ1) is 32.6. The molecule has 0 saturated carbocycles. The molecule has 4 saturated heterocycles. The molecule has 0 aliphatic carbocycles. The van der Waals surface area contributed by atoms with E-state index >= 15 is 8.78 Å². The number of unbranched alkanes of at least 4 members (excludes halogenated alkanes) is 1. The van der Waals surface area contributed by atoms with Crippen LogP contribution in [0.25, 0.3) is 32.8 Å². The number of alkyl halides is 1. The Morgan fingerprint density at radius 1 is 1.04 bits per heavy atom. The van der Waals surface area contributed by atoms with E-state index in [1.807, 2.05) is 25.1 Å². The zero-order valence-corrected chi connectivity index (χ0v) is 28.7. The maximum atomic E-state index is 17.0. The second-order valence-electron chi connectivity index (χ2n) is 15.6. The maximum Gasteiger partial charge on any atom is 0.319 e. The fourth-order valence-corrected chi connectivity index (χ4v) is 9.72. The van der Waals surface area contributed by atoms with Crippen LogP contribution in [-0.2, 0) is 6.42 Å². The van der Waals surface area contributed by atoms with Gasteiger partial charge in [-0.1, -0.05) is 25.1 Å². The Hall–Kier alpha value is -3.63. The van der Waals surface area contributed by atoms with Crippen LogP contribution in [0.15, 0.2) is 36.4 Å². The van der Waals surface area contributed by atoms with Crippen LogP contribution in [0.2, 0.25) is 0 Å². The summed E-state index contributed by atoms with van der Waals surface area (Å²) in [5.41, 5.74) is 0.622. The van der Waals surface area contributed by atoms with Crippen molar-refractivity contribution < 1.29 is 23.0 Å². The molecular weight excluding hydrogens is 627 g/mol. The Morgan fingerprint density at radius 3 is 2.61 bits per heavy atom. The van der Waals surface area contributed by atoms with Gasteiger partial charge >= 0.3 is 6.01 Å². The van der Waals surface area contributed by atoms with E-state index in [4.69, 9.17) is 9.72 Å². The summed E-state index contributed by atoms with van der Waals surface area (Å²) in [5.74, 6) is -1.15. The number of aryl methyl sites for hydroxylation is 1. The minimum Gasteiger partial charge on any atom is -0.508 e. The van der Waals surface area contributed by atoms with E-state index in [2.05, 4.69) is 33.9 Å². The van der Waals surface area contributed by atoms with Crippen LogP contribution >= 0.6 is 0 Å². The molecule has 2 N–H and O–H groups in total. The molecule has 4 aromatic rings. The Balaban J connectivity index is 1.17. The molecule has 4 aliphatic heterocycles. The molecule has 2 bridgehead atoms. The Bertz CT molecular complexity index is 1920. The third-order valence-electron chi connectivity index (χ3n) is 11.8. The summed E-state index contributed by atoms with van der Waals surface area (Å²) in [6, 6.07) is 10.1. The van der Waals surface area contributed by atoms with Gasteiger partial charge in [-0.3, -0.25) is 4.90 Å². The first-order valence-corrected chi connectivity index (χ1v) is 18.0. The molecule has 3 aromatic carbocycles. The van der Waals surface area contributed by atoms with Gasteiger partial charge in [0.2, 0.25) is 0 Å². The molecule has 10 heteroatoms. The van der Waals surface area contributed by atoms with Crippen molar-refractivity contribution >= 4 is 27.5 Å². The number of aromatic nitrogens is 2. The van der Waals surface area contributed by atoms with Gasteiger partial charge in [0.25, 0.3) is 0 Å². The van der Waals surface area contributed by atoms with Gasteiger partial charge in [0.1, 0.15) is 29.1 Å². The van der Waals surface area contributed by atoms with Gasteiger partial charge < -0.3 is 20.1 Å². The number of benzene rings is 3. The molecule has 1 aromatic heterocycles. The lowest BCUT2D eigenvalue weighted by atomic mass is 9.88. The van der Waals surface area contributed by atoms with E-state index < -0.39 is 17.8 Å². The van der Waals surface area contributed by atoms with Crippen LogP contribution in [0.1, 0.15) is 77.7 Å². The van der Waals surface area contributed by atoms with Crippen LogP contribution in [0.4, 0.5) is 19.0 Å². The molecule has 4 atom stereocenters. The molecule has 0 radical (unpaired) electrons. The summed E-state index contributed by atoms with van der Waals surface area (Å²) in [4.78, 5) is 13.9. The summed E-state index contributed by atoms with van der Waals surface area (Å²) in [6.07, 6.45) is 7.20. The number of phenols is 1. The molecule has 4 fully saturated rings. The summed E-state index contributed by atoms with van der Waals surface area (Å²) in [7, 11) is 0. The number of rotatable bonds is 9. The highest BCUT2D eigenvalue weighted by atomic mass is 19.1. The molecule has 0 amide bonds. The second-order valence-corrected chi connectivity index (χ2v) is 15.6. The highest BCUT2D eigenvalue weighted by molar-refractivity contribution is 6.03. The minimum absolute atomic E-state index is 0.0107. The number of aromatic hydroxyl groups is 1. The van der Waals surface area contributed by atoms with Gasteiger partial charge in [0, 0.05) is 41.6 Å². The minimum atomic E-state index is -0.806. The summed E-state index contributed by atoms with van der Waals surface area (Å²) >= 11 is 0. The van der Waals surface area contributed by atoms with Gasteiger partial charge in [-0.15, -0.1) is 0 Å². The highest BCUT2D eigenvalue weighted by Gasteiger charge is 2.49. The number of nitrogens with zero attached hydrogens (tertiary/aromatic N) is 4. The smallest absolute Gasteiger partial charge is 0.319 e. The number of piperazine rings is 1. The van der Waals surface area contributed by atoms with Crippen molar-refractivity contribution in [1.29, 1.82) is 0 Å². The fraction of sp³-hybridized carbons (Fsp3) is 0.538. The van der Waals surface area contributed by atoms with E-state index in [-0.39, 0.29) is 45.0 Å². The average molecular weight is 674 g/mol. The lowest BCUT2D eigenvalue weighted by molar-refractivity contribution is 0.172. The molecule has 2 unspecified atom stereocenters. The summed E-state index contributed by atoms with van der Waals surface area (Å²) in [6.45, 7) is 9.48. The summed E-state index contributed by atoms with van der Waals surface area (Å²) in [5, 5.41) is 16.1. The molecule has 0 spiro atoms. The molecule has 4 aliphatic rings. The number of fused-ring (bicyclic) bond motifs is 5. The zero-order valence-electron chi connectivity index (χ0n) is 28.7. The average Bonchev–Trinajstić information content (AvgIpc) is 3.65. The summed E-state index contributed by atoms with van der Waals surface area (Å²) < 4.78 is 53.8. The second kappa shape index (κ2) is 12.0. The van der Waals surface area contributed by atoms with E-state index in [9.17, 15) is 9.50 Å². The molecule has 7 nitrogen and oxygen atoms in total. The molecule has 260 valence electrons. The normalized spacial score (nSPS) is 28.2. The molecule has 49 heavy (non-hydrogen) atoms. The van der Waals surface area contributed by atoms with E-state index in [1.165, 1.54) is 12.1 Å². The standard InChI is InChI=1S/C39H46F3N5O2/c1-4-24-9-7-10-25-17-27(48)18-28(31(24)25)32-30(41)19-29-34(33(32)42)43-36(44-35(29)46-22-37(2)13-14-38(3,23-46)45-37)49-16-6-5-11-39-12-8-15-47(39)21-26(40)20-39/h7,9-10,17-19,26,45,48H,4-6,8,11-16,20-23H2,1-3H3/t26-,37?,38?,39+/m1/s1. The van der Waals surface area contributed by atoms with E-state index in [1.54, 1.807) is 6.07 Å². The van der Waals surface area contributed by atoms with Crippen LogP contribution < -0.4 is 15.0 Å². The largest absolute Gasteiger partial charge is 0.508 e. The molecule has 8 rings (SSSR count).